The van der Waals surface area contributed by atoms with Gasteiger partial charge in [-0.3, -0.25) is 4.18 Å². The molecule has 1 unspecified atom stereocenters. The van der Waals surface area contributed by atoms with Crippen molar-refractivity contribution >= 4 is 10.1 Å². The van der Waals surface area contributed by atoms with Crippen molar-refractivity contribution in [2.45, 2.75) is 31.8 Å². The van der Waals surface area contributed by atoms with Crippen molar-refractivity contribution in [3.05, 3.63) is 34.9 Å². The van der Waals surface area contributed by atoms with Crippen LogP contribution in [-0.2, 0) is 26.7 Å². The Labute approximate surface area is 123 Å². The van der Waals surface area contributed by atoms with Crippen molar-refractivity contribution in [2.24, 2.45) is 0 Å². The van der Waals surface area contributed by atoms with E-state index in [4.69, 9.17) is 0 Å². The minimum Gasteiger partial charge on any atom is -0.262 e. The fourth-order valence-electron chi connectivity index (χ4n) is 1.74. The Bertz CT molecular complexity index is 601. The second kappa shape index (κ2) is 6.07. The molecule has 0 fully saturated rings. The van der Waals surface area contributed by atoms with E-state index in [2.05, 4.69) is 4.18 Å². The van der Waals surface area contributed by atoms with Gasteiger partial charge in [0.2, 0.25) is 0 Å². The van der Waals surface area contributed by atoms with E-state index in [0.717, 1.165) is 0 Å². The molecule has 0 saturated carbocycles. The van der Waals surface area contributed by atoms with Crippen molar-refractivity contribution in [1.29, 1.82) is 0 Å². The third-order valence-electron chi connectivity index (χ3n) is 2.64. The molecule has 1 aromatic carbocycles. The highest BCUT2D eigenvalue weighted by atomic mass is 32.2. The molecule has 1 aromatic rings. The molecule has 0 aliphatic rings. The van der Waals surface area contributed by atoms with Crippen LogP contribution in [0.5, 0.6) is 0 Å². The lowest BCUT2D eigenvalue weighted by atomic mass is 10.00. The lowest BCUT2D eigenvalue weighted by Crippen LogP contribution is -2.15. The van der Waals surface area contributed by atoms with Crippen LogP contribution in [0, 0.1) is 0 Å². The molecule has 0 aliphatic carbocycles. The molecule has 0 aliphatic heterocycles. The summed E-state index contributed by atoms with van der Waals surface area (Å²) in [5.74, 6) is 0. The molecule has 0 amide bonds. The van der Waals surface area contributed by atoms with Crippen LogP contribution in [0.1, 0.15) is 36.1 Å². The Morgan fingerprint density at radius 1 is 1.00 bits per heavy atom. The van der Waals surface area contributed by atoms with E-state index < -0.39 is 45.3 Å². The monoisotopic (exact) mass is 350 g/mol. The van der Waals surface area contributed by atoms with Crippen molar-refractivity contribution in [3.63, 3.8) is 0 Å². The van der Waals surface area contributed by atoms with Gasteiger partial charge in [-0.25, -0.2) is 0 Å². The van der Waals surface area contributed by atoms with Gasteiger partial charge in [0.1, 0.15) is 6.10 Å². The average Bonchev–Trinajstić information content (AvgIpc) is 2.32. The summed E-state index contributed by atoms with van der Waals surface area (Å²) in [6, 6.07) is 0.875. The van der Waals surface area contributed by atoms with E-state index in [1.807, 2.05) is 0 Å². The molecule has 10 heteroatoms. The molecule has 22 heavy (non-hydrogen) atoms. The Morgan fingerprint density at radius 2 is 1.41 bits per heavy atom. The number of hydrogen-bond donors (Lipinski definition) is 0. The maximum atomic E-state index is 12.7. The minimum absolute atomic E-state index is 0.0311. The van der Waals surface area contributed by atoms with Gasteiger partial charge in [-0.05, 0) is 30.2 Å². The first-order valence-corrected chi connectivity index (χ1v) is 7.73. The van der Waals surface area contributed by atoms with Crippen LogP contribution in [0.25, 0.3) is 0 Å². The lowest BCUT2D eigenvalue weighted by molar-refractivity contribution is -0.143. The van der Waals surface area contributed by atoms with E-state index in [1.54, 1.807) is 0 Å². The van der Waals surface area contributed by atoms with Gasteiger partial charge in [-0.1, -0.05) is 6.92 Å². The van der Waals surface area contributed by atoms with Crippen molar-refractivity contribution in [3.8, 4) is 0 Å². The van der Waals surface area contributed by atoms with Crippen molar-refractivity contribution < 1.29 is 38.9 Å². The summed E-state index contributed by atoms with van der Waals surface area (Å²) < 4.78 is 103. The Morgan fingerprint density at radius 3 is 1.68 bits per heavy atom. The molecule has 0 spiro atoms. The summed E-state index contributed by atoms with van der Waals surface area (Å²) in [6.45, 7) is 1.38. The molecule has 1 atom stereocenters. The summed E-state index contributed by atoms with van der Waals surface area (Å²) >= 11 is 0. The first kappa shape index (κ1) is 18.8. The van der Waals surface area contributed by atoms with Crippen LogP contribution in [0.4, 0.5) is 26.3 Å². The number of hydrogen-bond acceptors (Lipinski definition) is 3. The average molecular weight is 350 g/mol. The molecule has 0 aromatic heterocycles. The van der Waals surface area contributed by atoms with Gasteiger partial charge in [0.25, 0.3) is 10.1 Å². The lowest BCUT2D eigenvalue weighted by Gasteiger charge is -2.19. The van der Waals surface area contributed by atoms with Gasteiger partial charge in [0.05, 0.1) is 17.4 Å². The molecule has 126 valence electrons. The van der Waals surface area contributed by atoms with E-state index in [9.17, 15) is 34.8 Å². The molecule has 0 radical (unpaired) electrons. The fraction of sp³-hybridized carbons (Fsp3) is 0.500. The zero-order chi connectivity index (χ0) is 17.3. The highest BCUT2D eigenvalue weighted by molar-refractivity contribution is 7.86. The quantitative estimate of drug-likeness (QED) is 0.605. The smallest absolute Gasteiger partial charge is 0.262 e. The summed E-state index contributed by atoms with van der Waals surface area (Å²) in [6.07, 6.45) is -10.9. The van der Waals surface area contributed by atoms with E-state index >= 15 is 0 Å². The zero-order valence-corrected chi connectivity index (χ0v) is 12.2. The maximum Gasteiger partial charge on any atom is 0.416 e. The molecule has 0 heterocycles. The number of alkyl halides is 6. The fourth-order valence-corrected chi connectivity index (χ4v) is 2.40. The SMILES string of the molecule is CCC(OS(C)(=O)=O)c1cc(C(F)(F)F)cc(C(F)(F)F)c1. The third-order valence-corrected chi connectivity index (χ3v) is 3.23. The Balaban J connectivity index is 3.46. The van der Waals surface area contributed by atoms with Crippen LogP contribution >= 0.6 is 0 Å². The Hall–Kier alpha value is -1.29. The van der Waals surface area contributed by atoms with E-state index in [-0.39, 0.29) is 12.5 Å². The van der Waals surface area contributed by atoms with Crippen LogP contribution in [0.3, 0.4) is 0 Å². The third kappa shape index (κ3) is 5.16. The van der Waals surface area contributed by atoms with Gasteiger partial charge < -0.3 is 0 Å². The first-order valence-electron chi connectivity index (χ1n) is 5.91. The van der Waals surface area contributed by atoms with Crippen LogP contribution in [0.2, 0.25) is 0 Å². The van der Waals surface area contributed by atoms with Crippen LogP contribution in [-0.4, -0.2) is 14.7 Å². The minimum atomic E-state index is -5.00. The predicted molar refractivity (Wildman–Crippen MR) is 65.4 cm³/mol. The second-order valence-corrected chi connectivity index (χ2v) is 6.14. The summed E-state index contributed by atoms with van der Waals surface area (Å²) in [5, 5.41) is 0. The molecular weight excluding hydrogens is 338 g/mol. The molecule has 0 bridgehead atoms. The molecular formula is C12H12F6O3S. The number of halogens is 6. The highest BCUT2D eigenvalue weighted by Crippen LogP contribution is 2.38. The van der Waals surface area contributed by atoms with Crippen LogP contribution in [0.15, 0.2) is 18.2 Å². The molecule has 0 saturated heterocycles. The van der Waals surface area contributed by atoms with Crippen molar-refractivity contribution in [2.75, 3.05) is 6.26 Å². The van der Waals surface area contributed by atoms with Crippen molar-refractivity contribution in [1.82, 2.24) is 0 Å². The number of benzene rings is 1. The van der Waals surface area contributed by atoms with Gasteiger partial charge in [0.15, 0.2) is 0 Å². The van der Waals surface area contributed by atoms with E-state index in [0.29, 0.717) is 18.4 Å². The summed E-state index contributed by atoms with van der Waals surface area (Å²) in [5.41, 5.74) is -3.55. The first-order chi connectivity index (χ1) is 9.74. The zero-order valence-electron chi connectivity index (χ0n) is 11.4. The topological polar surface area (TPSA) is 43.4 Å². The largest absolute Gasteiger partial charge is 0.416 e. The van der Waals surface area contributed by atoms with Gasteiger partial charge in [0, 0.05) is 0 Å². The predicted octanol–water partition coefficient (Wildman–Crippen LogP) is 4.15. The molecule has 1 rings (SSSR count). The normalized spacial score (nSPS) is 14.9. The standard InChI is InChI=1S/C12H12F6O3S/c1-3-10(21-22(2,19)20)7-4-8(11(13,14)15)6-9(5-7)12(16,17)18/h4-6,10H,3H2,1-2H3. The van der Waals surface area contributed by atoms with Gasteiger partial charge in [-0.15, -0.1) is 0 Å². The number of rotatable bonds is 4. The van der Waals surface area contributed by atoms with Crippen LogP contribution < -0.4 is 0 Å². The van der Waals surface area contributed by atoms with E-state index in [1.165, 1.54) is 6.92 Å². The highest BCUT2D eigenvalue weighted by Gasteiger charge is 2.37. The Kier molecular flexibility index (Phi) is 5.18. The molecule has 0 N–H and O–H groups in total. The summed E-state index contributed by atoms with van der Waals surface area (Å²) in [4.78, 5) is 0. The van der Waals surface area contributed by atoms with Gasteiger partial charge >= 0.3 is 12.4 Å². The molecule has 3 nitrogen and oxygen atoms in total. The van der Waals surface area contributed by atoms with Gasteiger partial charge in [-0.2, -0.15) is 34.8 Å². The second-order valence-electron chi connectivity index (χ2n) is 4.54. The summed E-state index contributed by atoms with van der Waals surface area (Å²) in [7, 11) is -4.04. The maximum absolute atomic E-state index is 12.7.